The molecule has 0 atom stereocenters. The summed E-state index contributed by atoms with van der Waals surface area (Å²) in [6.45, 7) is 1.42. The van der Waals surface area contributed by atoms with Crippen LogP contribution >= 0.6 is 0 Å². The summed E-state index contributed by atoms with van der Waals surface area (Å²) in [5, 5.41) is 18.2. The van der Waals surface area contributed by atoms with Crippen molar-refractivity contribution >= 4 is 35.4 Å². The predicted molar refractivity (Wildman–Crippen MR) is 102 cm³/mol. The molecule has 0 aliphatic carbocycles. The molecular weight excluding hydrogens is 322 g/mol. The molecule has 0 fully saturated rings. The number of rotatable bonds is 10. The third kappa shape index (κ3) is 5.48. The third-order valence-electron chi connectivity index (χ3n) is 3.24. The largest absolute Gasteiger partial charge is 0.373 e. The SMILES string of the molecule is CNc1cc(NC)nc(NCCCNc2nc(NC)nc(NC)n2)n1. The van der Waals surface area contributed by atoms with E-state index >= 15 is 0 Å². The molecule has 0 amide bonds. The fourth-order valence-corrected chi connectivity index (χ4v) is 1.95. The zero-order chi connectivity index (χ0) is 18.1. The van der Waals surface area contributed by atoms with E-state index < -0.39 is 0 Å². The van der Waals surface area contributed by atoms with Crippen molar-refractivity contribution in [2.75, 3.05) is 73.2 Å². The maximum absolute atomic E-state index is 4.36. The van der Waals surface area contributed by atoms with Gasteiger partial charge in [-0.05, 0) is 6.42 Å². The fraction of sp³-hybridized carbons (Fsp3) is 0.500. The molecule has 2 rings (SSSR count). The van der Waals surface area contributed by atoms with E-state index in [4.69, 9.17) is 0 Å². The van der Waals surface area contributed by atoms with Crippen LogP contribution in [0.25, 0.3) is 0 Å². The van der Waals surface area contributed by atoms with Gasteiger partial charge in [0.15, 0.2) is 0 Å². The van der Waals surface area contributed by atoms with Crippen LogP contribution in [0.3, 0.4) is 0 Å². The van der Waals surface area contributed by atoms with Gasteiger partial charge in [0.25, 0.3) is 0 Å². The Kier molecular flexibility index (Phi) is 6.75. The first-order chi connectivity index (χ1) is 12.2. The lowest BCUT2D eigenvalue weighted by Gasteiger charge is -2.10. The lowest BCUT2D eigenvalue weighted by atomic mass is 10.4. The van der Waals surface area contributed by atoms with E-state index in [9.17, 15) is 0 Å². The number of nitrogens with one attached hydrogen (secondary N) is 6. The van der Waals surface area contributed by atoms with Gasteiger partial charge in [0.1, 0.15) is 11.6 Å². The monoisotopic (exact) mass is 347 g/mol. The van der Waals surface area contributed by atoms with Gasteiger partial charge in [-0.3, -0.25) is 0 Å². The van der Waals surface area contributed by atoms with Crippen LogP contribution in [0.5, 0.6) is 0 Å². The molecular formula is C14H25N11. The molecule has 0 saturated carbocycles. The molecule has 0 radical (unpaired) electrons. The molecule has 2 aromatic rings. The first-order valence-electron chi connectivity index (χ1n) is 8.02. The van der Waals surface area contributed by atoms with E-state index in [-0.39, 0.29) is 0 Å². The molecule has 0 aliphatic heterocycles. The minimum Gasteiger partial charge on any atom is -0.373 e. The summed E-state index contributed by atoms with van der Waals surface area (Å²) in [5.74, 6) is 3.63. The fourth-order valence-electron chi connectivity index (χ4n) is 1.95. The molecule has 11 heteroatoms. The maximum atomic E-state index is 4.36. The lowest BCUT2D eigenvalue weighted by molar-refractivity contribution is 0.880. The summed E-state index contributed by atoms with van der Waals surface area (Å²) < 4.78 is 0. The first-order valence-corrected chi connectivity index (χ1v) is 8.02. The van der Waals surface area contributed by atoms with Crippen LogP contribution in [-0.4, -0.2) is 66.2 Å². The zero-order valence-corrected chi connectivity index (χ0v) is 14.9. The van der Waals surface area contributed by atoms with Crippen LogP contribution in [0, 0.1) is 0 Å². The highest BCUT2D eigenvalue weighted by atomic mass is 15.3. The van der Waals surface area contributed by atoms with Crippen LogP contribution in [-0.2, 0) is 0 Å². The van der Waals surface area contributed by atoms with Crippen LogP contribution in [0.2, 0.25) is 0 Å². The van der Waals surface area contributed by atoms with Gasteiger partial charge in [-0.2, -0.15) is 24.9 Å². The van der Waals surface area contributed by atoms with Crippen molar-refractivity contribution in [1.82, 2.24) is 24.9 Å². The summed E-state index contributed by atoms with van der Waals surface area (Å²) >= 11 is 0. The highest BCUT2D eigenvalue weighted by Gasteiger charge is 2.04. The summed E-state index contributed by atoms with van der Waals surface area (Å²) in [7, 11) is 7.17. The zero-order valence-electron chi connectivity index (χ0n) is 14.9. The third-order valence-corrected chi connectivity index (χ3v) is 3.24. The second-order valence-corrected chi connectivity index (χ2v) is 4.98. The minimum absolute atomic E-state index is 0.511. The van der Waals surface area contributed by atoms with Crippen molar-refractivity contribution in [2.45, 2.75) is 6.42 Å². The molecule has 2 heterocycles. The summed E-state index contributed by atoms with van der Waals surface area (Å²) in [6, 6.07) is 1.84. The highest BCUT2D eigenvalue weighted by Crippen LogP contribution is 2.13. The Morgan fingerprint density at radius 1 is 0.600 bits per heavy atom. The van der Waals surface area contributed by atoms with E-state index in [1.54, 1.807) is 14.1 Å². The second kappa shape index (κ2) is 9.25. The van der Waals surface area contributed by atoms with Crippen LogP contribution < -0.4 is 31.9 Å². The summed E-state index contributed by atoms with van der Waals surface area (Å²) in [5.41, 5.74) is 0. The van der Waals surface area contributed by atoms with E-state index in [2.05, 4.69) is 56.8 Å². The van der Waals surface area contributed by atoms with Crippen LogP contribution in [0.4, 0.5) is 35.4 Å². The summed E-state index contributed by atoms with van der Waals surface area (Å²) in [6.07, 6.45) is 0.845. The Hall–Kier alpha value is -3.11. The second-order valence-electron chi connectivity index (χ2n) is 4.98. The Balaban J connectivity index is 1.82. The van der Waals surface area contributed by atoms with Gasteiger partial charge in [0, 0.05) is 47.3 Å². The van der Waals surface area contributed by atoms with Gasteiger partial charge in [-0.15, -0.1) is 0 Å². The maximum Gasteiger partial charge on any atom is 0.229 e. The Labute approximate surface area is 146 Å². The number of aromatic nitrogens is 5. The molecule has 25 heavy (non-hydrogen) atoms. The Morgan fingerprint density at radius 2 is 1.04 bits per heavy atom. The standard InChI is InChI=1S/C14H25N11/c1-15-9-8-10(16-2)22-13(21-9)19-6-5-7-20-14-24-11(17-3)23-12(18-4)25-14/h8H,5-7H2,1-4H3,(H3,15,16,19,21,22)(H3,17,18,20,23,24,25). The van der Waals surface area contributed by atoms with Gasteiger partial charge in [0.2, 0.25) is 23.8 Å². The minimum atomic E-state index is 0.511. The van der Waals surface area contributed by atoms with E-state index in [1.807, 2.05) is 20.2 Å². The number of anilines is 6. The normalized spacial score (nSPS) is 10.1. The predicted octanol–water partition coefficient (Wildman–Crippen LogP) is 0.742. The van der Waals surface area contributed by atoms with Crippen molar-refractivity contribution in [3.63, 3.8) is 0 Å². The van der Waals surface area contributed by atoms with E-state index in [0.717, 1.165) is 18.1 Å². The topological polar surface area (TPSA) is 137 Å². The molecule has 0 saturated heterocycles. The van der Waals surface area contributed by atoms with Crippen molar-refractivity contribution in [2.24, 2.45) is 0 Å². The van der Waals surface area contributed by atoms with Gasteiger partial charge in [-0.1, -0.05) is 0 Å². The number of hydrogen-bond donors (Lipinski definition) is 6. The van der Waals surface area contributed by atoms with E-state index in [1.165, 1.54) is 0 Å². The molecule has 0 bridgehead atoms. The van der Waals surface area contributed by atoms with Gasteiger partial charge < -0.3 is 31.9 Å². The molecule has 0 spiro atoms. The molecule has 0 aromatic carbocycles. The molecule has 2 aromatic heterocycles. The van der Waals surface area contributed by atoms with E-state index in [0.29, 0.717) is 36.9 Å². The lowest BCUT2D eigenvalue weighted by Crippen LogP contribution is -2.14. The number of hydrogen-bond acceptors (Lipinski definition) is 11. The van der Waals surface area contributed by atoms with Gasteiger partial charge in [-0.25, -0.2) is 0 Å². The van der Waals surface area contributed by atoms with Crippen LogP contribution in [0.15, 0.2) is 6.07 Å². The van der Waals surface area contributed by atoms with Crippen molar-refractivity contribution in [3.8, 4) is 0 Å². The molecule has 6 N–H and O–H groups in total. The van der Waals surface area contributed by atoms with Gasteiger partial charge in [0.05, 0.1) is 0 Å². The Bertz CT molecular complexity index is 574. The molecule has 0 unspecified atom stereocenters. The average molecular weight is 347 g/mol. The first kappa shape index (κ1) is 18.2. The average Bonchev–Trinajstić information content (AvgIpc) is 2.66. The molecule has 11 nitrogen and oxygen atoms in total. The summed E-state index contributed by atoms with van der Waals surface area (Å²) in [4.78, 5) is 21.4. The highest BCUT2D eigenvalue weighted by molar-refractivity contribution is 5.51. The molecule has 136 valence electrons. The van der Waals surface area contributed by atoms with Crippen molar-refractivity contribution in [3.05, 3.63) is 6.07 Å². The Morgan fingerprint density at radius 3 is 1.48 bits per heavy atom. The smallest absolute Gasteiger partial charge is 0.229 e. The van der Waals surface area contributed by atoms with Crippen molar-refractivity contribution in [1.29, 1.82) is 0 Å². The van der Waals surface area contributed by atoms with Crippen LogP contribution in [0.1, 0.15) is 6.42 Å². The van der Waals surface area contributed by atoms with Gasteiger partial charge >= 0.3 is 0 Å². The molecule has 0 aliphatic rings. The van der Waals surface area contributed by atoms with Crippen molar-refractivity contribution < 1.29 is 0 Å². The quantitative estimate of drug-likeness (QED) is 0.339. The number of nitrogens with zero attached hydrogens (tertiary/aromatic N) is 5.